The van der Waals surface area contributed by atoms with Crippen LogP contribution in [0.25, 0.3) is 0 Å². The molecule has 4 heteroatoms. The van der Waals surface area contributed by atoms with Crippen LogP contribution in [0.5, 0.6) is 0 Å². The number of hydrogen-bond acceptors (Lipinski definition) is 3. The predicted molar refractivity (Wildman–Crippen MR) is 45.7 cm³/mol. The van der Waals surface area contributed by atoms with E-state index in [0.29, 0.717) is 12.8 Å². The van der Waals surface area contributed by atoms with Gasteiger partial charge in [-0.1, -0.05) is 20.3 Å². The standard InChI is InChI=1S/C4H10O2.C4H8O2/c2*1-2-3-4(5)6/h4-6H,2-3H2,1H3;2-3H2,1H3,(H,5,6). The molecule has 0 fully saturated rings. The van der Waals surface area contributed by atoms with Gasteiger partial charge in [0.25, 0.3) is 0 Å². The van der Waals surface area contributed by atoms with Crippen LogP contribution in [-0.4, -0.2) is 27.6 Å². The monoisotopic (exact) mass is 178 g/mol. The lowest BCUT2D eigenvalue weighted by molar-refractivity contribution is -0.137. The van der Waals surface area contributed by atoms with E-state index in [1.807, 2.05) is 13.8 Å². The van der Waals surface area contributed by atoms with E-state index in [-0.39, 0.29) is 0 Å². The minimum Gasteiger partial charge on any atom is -0.481 e. The van der Waals surface area contributed by atoms with Gasteiger partial charge in [-0.25, -0.2) is 0 Å². The summed E-state index contributed by atoms with van der Waals surface area (Å²) in [5.74, 6) is -0.711. The molecule has 0 bridgehead atoms. The van der Waals surface area contributed by atoms with Crippen LogP contribution in [0.2, 0.25) is 0 Å². The number of rotatable bonds is 4. The maximum atomic E-state index is 9.60. The normalized spacial score (nSPS) is 9.08. The minimum atomic E-state index is -1.10. The van der Waals surface area contributed by atoms with Crippen molar-refractivity contribution in [2.75, 3.05) is 0 Å². The Kier molecular flexibility index (Phi) is 12.1. The third-order valence-electron chi connectivity index (χ3n) is 1.01. The summed E-state index contributed by atoms with van der Waals surface area (Å²) in [5, 5.41) is 24.1. The van der Waals surface area contributed by atoms with E-state index in [4.69, 9.17) is 15.3 Å². The molecule has 4 nitrogen and oxygen atoms in total. The first-order valence-corrected chi connectivity index (χ1v) is 4.12. The van der Waals surface area contributed by atoms with Crippen LogP contribution < -0.4 is 0 Å². The molecule has 12 heavy (non-hydrogen) atoms. The molecule has 0 aliphatic heterocycles. The molecule has 0 aromatic rings. The Labute approximate surface area is 72.8 Å². The molecule has 3 N–H and O–H groups in total. The molecule has 0 saturated heterocycles. The highest BCUT2D eigenvalue weighted by molar-refractivity contribution is 5.66. The van der Waals surface area contributed by atoms with E-state index in [0.717, 1.165) is 12.8 Å². The third-order valence-corrected chi connectivity index (χ3v) is 1.01. The lowest BCUT2D eigenvalue weighted by Gasteiger charge is -1.94. The zero-order valence-corrected chi connectivity index (χ0v) is 7.66. The second-order valence-electron chi connectivity index (χ2n) is 2.41. The van der Waals surface area contributed by atoms with Crippen molar-refractivity contribution < 1.29 is 20.1 Å². The molecule has 0 spiro atoms. The zero-order chi connectivity index (χ0) is 9.98. The quantitative estimate of drug-likeness (QED) is 0.560. The van der Waals surface area contributed by atoms with Gasteiger partial charge in [-0.2, -0.15) is 0 Å². The minimum absolute atomic E-state index is 0.292. The number of carboxylic acids is 1. The number of carbonyl (C=O) groups is 1. The molecular formula is C8H18O4. The van der Waals surface area contributed by atoms with Crippen molar-refractivity contribution in [1.82, 2.24) is 0 Å². The van der Waals surface area contributed by atoms with Crippen molar-refractivity contribution in [3.05, 3.63) is 0 Å². The Morgan fingerprint density at radius 3 is 1.75 bits per heavy atom. The van der Waals surface area contributed by atoms with E-state index >= 15 is 0 Å². The molecule has 0 amide bonds. The van der Waals surface area contributed by atoms with Gasteiger partial charge in [0.05, 0.1) is 0 Å². The zero-order valence-electron chi connectivity index (χ0n) is 7.66. The molecular weight excluding hydrogens is 160 g/mol. The first-order valence-electron chi connectivity index (χ1n) is 4.12. The molecule has 74 valence electrons. The van der Waals surface area contributed by atoms with Gasteiger partial charge in [-0.15, -0.1) is 0 Å². The van der Waals surface area contributed by atoms with Crippen LogP contribution in [-0.2, 0) is 4.79 Å². The van der Waals surface area contributed by atoms with Crippen LogP contribution >= 0.6 is 0 Å². The largest absolute Gasteiger partial charge is 0.481 e. The van der Waals surface area contributed by atoms with Gasteiger partial charge in [-0.05, 0) is 12.8 Å². The fraction of sp³-hybridized carbons (Fsp3) is 0.875. The highest BCUT2D eigenvalue weighted by Gasteiger charge is 1.89. The predicted octanol–water partition coefficient (Wildman–Crippen LogP) is 0.968. The van der Waals surface area contributed by atoms with Crippen LogP contribution in [0.15, 0.2) is 0 Å². The van der Waals surface area contributed by atoms with E-state index in [1.54, 1.807) is 0 Å². The Hall–Kier alpha value is -0.610. The van der Waals surface area contributed by atoms with Gasteiger partial charge in [0.15, 0.2) is 6.29 Å². The number of aliphatic hydroxyl groups excluding tert-OH is 1. The SMILES string of the molecule is CCCC(=O)O.CCCC(O)O. The van der Waals surface area contributed by atoms with Crippen LogP contribution in [0, 0.1) is 0 Å². The molecule has 0 aromatic carbocycles. The molecule has 0 aromatic heterocycles. The maximum absolute atomic E-state index is 9.60. The number of hydrogen-bond donors (Lipinski definition) is 3. The number of aliphatic carboxylic acids is 1. The van der Waals surface area contributed by atoms with E-state index < -0.39 is 12.3 Å². The highest BCUT2D eigenvalue weighted by Crippen LogP contribution is 1.88. The third kappa shape index (κ3) is 22.8. The van der Waals surface area contributed by atoms with Crippen molar-refractivity contribution in [3.63, 3.8) is 0 Å². The average molecular weight is 178 g/mol. The van der Waals surface area contributed by atoms with Crippen LogP contribution in [0.4, 0.5) is 0 Å². The summed E-state index contributed by atoms with van der Waals surface area (Å²) < 4.78 is 0. The summed E-state index contributed by atoms with van der Waals surface area (Å²) in [5.41, 5.74) is 0. The smallest absolute Gasteiger partial charge is 0.303 e. The molecule has 0 aliphatic carbocycles. The fourth-order valence-corrected chi connectivity index (χ4v) is 0.472. The van der Waals surface area contributed by atoms with Gasteiger partial charge >= 0.3 is 5.97 Å². The Balaban J connectivity index is 0. The maximum Gasteiger partial charge on any atom is 0.303 e. The molecule has 0 heterocycles. The van der Waals surface area contributed by atoms with Crippen LogP contribution in [0.1, 0.15) is 39.5 Å². The average Bonchev–Trinajstić information content (AvgIpc) is 1.87. The van der Waals surface area contributed by atoms with Gasteiger partial charge in [-0.3, -0.25) is 4.79 Å². The molecule has 0 aliphatic rings. The lowest BCUT2D eigenvalue weighted by atomic mass is 10.3. The number of aliphatic hydroxyl groups is 2. The summed E-state index contributed by atoms with van der Waals surface area (Å²) in [7, 11) is 0. The van der Waals surface area contributed by atoms with Gasteiger partial charge in [0, 0.05) is 6.42 Å². The fourth-order valence-electron chi connectivity index (χ4n) is 0.472. The topological polar surface area (TPSA) is 77.8 Å². The van der Waals surface area contributed by atoms with Crippen molar-refractivity contribution in [2.24, 2.45) is 0 Å². The first-order chi connectivity index (χ1) is 5.54. The van der Waals surface area contributed by atoms with Crippen molar-refractivity contribution in [1.29, 1.82) is 0 Å². The molecule has 0 atom stereocenters. The molecule has 0 radical (unpaired) electrons. The van der Waals surface area contributed by atoms with Crippen molar-refractivity contribution in [2.45, 2.75) is 45.8 Å². The number of carboxylic acid groups (broad SMARTS) is 1. The second kappa shape index (κ2) is 10.4. The molecule has 0 saturated carbocycles. The summed E-state index contributed by atoms with van der Waals surface area (Å²) in [6, 6.07) is 0. The first kappa shape index (κ1) is 13.9. The Bertz CT molecular complexity index is 101. The van der Waals surface area contributed by atoms with Crippen molar-refractivity contribution in [3.8, 4) is 0 Å². The van der Waals surface area contributed by atoms with Crippen molar-refractivity contribution >= 4 is 5.97 Å². The molecule has 0 unspecified atom stereocenters. The summed E-state index contributed by atoms with van der Waals surface area (Å²) >= 11 is 0. The highest BCUT2D eigenvalue weighted by atomic mass is 16.5. The van der Waals surface area contributed by atoms with Gasteiger partial charge < -0.3 is 15.3 Å². The van der Waals surface area contributed by atoms with Gasteiger partial charge in [0.2, 0.25) is 0 Å². The molecule has 0 rings (SSSR count). The Morgan fingerprint density at radius 1 is 1.25 bits per heavy atom. The second-order valence-corrected chi connectivity index (χ2v) is 2.41. The van der Waals surface area contributed by atoms with E-state index in [2.05, 4.69) is 0 Å². The van der Waals surface area contributed by atoms with E-state index in [9.17, 15) is 4.79 Å². The van der Waals surface area contributed by atoms with Gasteiger partial charge in [0.1, 0.15) is 0 Å². The summed E-state index contributed by atoms with van der Waals surface area (Å²) in [4.78, 5) is 9.60. The lowest BCUT2D eigenvalue weighted by Crippen LogP contribution is -2.01. The Morgan fingerprint density at radius 2 is 1.75 bits per heavy atom. The van der Waals surface area contributed by atoms with E-state index in [1.165, 1.54) is 0 Å². The van der Waals surface area contributed by atoms with Crippen LogP contribution in [0.3, 0.4) is 0 Å². The summed E-state index contributed by atoms with van der Waals surface area (Å²) in [6.45, 7) is 3.74. The summed E-state index contributed by atoms with van der Waals surface area (Å²) in [6.07, 6.45) is 1.24.